The van der Waals surface area contributed by atoms with Gasteiger partial charge in [-0.1, -0.05) is 48.6 Å². The van der Waals surface area contributed by atoms with E-state index in [1.54, 1.807) is 0 Å². The van der Waals surface area contributed by atoms with Gasteiger partial charge in [-0.3, -0.25) is 0 Å². The maximum absolute atomic E-state index is 10.2. The second-order valence-corrected chi connectivity index (χ2v) is 7.28. The first-order valence-corrected chi connectivity index (χ1v) is 8.55. The van der Waals surface area contributed by atoms with Gasteiger partial charge in [-0.25, -0.2) is 0 Å². The molecule has 1 aliphatic carbocycles. The number of aliphatic hydroxyl groups is 1. The van der Waals surface area contributed by atoms with Crippen molar-refractivity contribution >= 4 is 11.8 Å². The Bertz CT molecular complexity index is 376. The molecular weight excluding hydrogens is 252 g/mol. The number of thioether (sulfide) groups is 1. The second-order valence-electron chi connectivity index (χ2n) is 5.95. The smallest absolute Gasteiger partial charge is 0.0670 e. The minimum atomic E-state index is -0.201. The fourth-order valence-electron chi connectivity index (χ4n) is 3.00. The van der Waals surface area contributed by atoms with Gasteiger partial charge in [0.2, 0.25) is 0 Å². The molecule has 0 aliphatic heterocycles. The Labute approximate surface area is 121 Å². The molecule has 0 aromatic heterocycles. The third-order valence-corrected chi connectivity index (χ3v) is 5.35. The van der Waals surface area contributed by atoms with E-state index in [1.807, 2.05) is 11.8 Å². The monoisotopic (exact) mass is 278 g/mol. The van der Waals surface area contributed by atoms with Crippen molar-refractivity contribution in [2.24, 2.45) is 0 Å². The van der Waals surface area contributed by atoms with Gasteiger partial charge in [0.15, 0.2) is 0 Å². The van der Waals surface area contributed by atoms with E-state index in [2.05, 4.69) is 32.0 Å². The molecule has 0 saturated heterocycles. The van der Waals surface area contributed by atoms with Gasteiger partial charge in [-0.15, -0.1) is 0 Å². The largest absolute Gasteiger partial charge is 0.392 e. The summed E-state index contributed by atoms with van der Waals surface area (Å²) >= 11 is 1.98. The second kappa shape index (κ2) is 7.35. The van der Waals surface area contributed by atoms with Crippen molar-refractivity contribution < 1.29 is 5.11 Å². The third-order valence-electron chi connectivity index (χ3n) is 3.83. The molecule has 0 spiro atoms. The zero-order valence-corrected chi connectivity index (χ0v) is 13.0. The van der Waals surface area contributed by atoms with E-state index in [9.17, 15) is 5.11 Å². The van der Waals surface area contributed by atoms with Crippen molar-refractivity contribution in [3.63, 3.8) is 0 Å². The molecule has 1 aliphatic rings. The number of aliphatic hydroxyl groups excluding tert-OH is 1. The van der Waals surface area contributed by atoms with E-state index < -0.39 is 0 Å². The summed E-state index contributed by atoms with van der Waals surface area (Å²) in [7, 11) is 0. The summed E-state index contributed by atoms with van der Waals surface area (Å²) in [4.78, 5) is 0. The number of hydrogen-bond acceptors (Lipinski definition) is 2. The van der Waals surface area contributed by atoms with Crippen molar-refractivity contribution in [2.45, 2.75) is 63.7 Å². The van der Waals surface area contributed by atoms with Gasteiger partial charge >= 0.3 is 0 Å². The van der Waals surface area contributed by atoms with E-state index >= 15 is 0 Å². The van der Waals surface area contributed by atoms with Crippen molar-refractivity contribution in [2.75, 3.05) is 5.75 Å². The molecule has 1 saturated carbocycles. The van der Waals surface area contributed by atoms with Crippen LogP contribution in [0, 0.1) is 13.8 Å². The van der Waals surface area contributed by atoms with Crippen LogP contribution in [0.3, 0.4) is 0 Å². The molecule has 0 amide bonds. The SMILES string of the molecule is Cc1cc(C)cc(CC(O)CSC2CCCCC2)c1. The molecule has 1 unspecified atom stereocenters. The zero-order valence-electron chi connectivity index (χ0n) is 12.2. The van der Waals surface area contributed by atoms with E-state index in [1.165, 1.54) is 48.8 Å². The first kappa shape index (κ1) is 14.9. The molecule has 1 aromatic carbocycles. The summed E-state index contributed by atoms with van der Waals surface area (Å²) in [5, 5.41) is 11.0. The van der Waals surface area contributed by atoms with Crippen molar-refractivity contribution in [3.8, 4) is 0 Å². The highest BCUT2D eigenvalue weighted by atomic mass is 32.2. The number of rotatable bonds is 5. The lowest BCUT2D eigenvalue weighted by Crippen LogP contribution is -2.17. The number of aryl methyl sites for hydroxylation is 2. The fraction of sp³-hybridized carbons (Fsp3) is 0.647. The molecular formula is C17H26OS. The molecule has 1 nitrogen and oxygen atoms in total. The van der Waals surface area contributed by atoms with E-state index in [0.717, 1.165) is 17.4 Å². The molecule has 1 fully saturated rings. The van der Waals surface area contributed by atoms with Gasteiger partial charge in [0.25, 0.3) is 0 Å². The van der Waals surface area contributed by atoms with E-state index in [-0.39, 0.29) is 6.10 Å². The fourth-order valence-corrected chi connectivity index (χ4v) is 4.28. The van der Waals surface area contributed by atoms with Crippen LogP contribution in [0.5, 0.6) is 0 Å². The highest BCUT2D eigenvalue weighted by Crippen LogP contribution is 2.28. The van der Waals surface area contributed by atoms with Gasteiger partial charge < -0.3 is 5.11 Å². The first-order chi connectivity index (χ1) is 9.13. The molecule has 0 bridgehead atoms. The topological polar surface area (TPSA) is 20.2 Å². The van der Waals surface area contributed by atoms with Gasteiger partial charge in [0.05, 0.1) is 6.10 Å². The molecule has 0 radical (unpaired) electrons. The van der Waals surface area contributed by atoms with Gasteiger partial charge in [0, 0.05) is 11.0 Å². The lowest BCUT2D eigenvalue weighted by Gasteiger charge is -2.22. The minimum absolute atomic E-state index is 0.201. The van der Waals surface area contributed by atoms with Crippen LogP contribution in [0.4, 0.5) is 0 Å². The summed E-state index contributed by atoms with van der Waals surface area (Å²) in [6, 6.07) is 6.58. The standard InChI is InChI=1S/C17H26OS/c1-13-8-14(2)10-15(9-13)11-16(18)12-19-17-6-4-3-5-7-17/h8-10,16-18H,3-7,11-12H2,1-2H3. The lowest BCUT2D eigenvalue weighted by molar-refractivity contribution is 0.200. The van der Waals surface area contributed by atoms with Crippen molar-refractivity contribution in [1.29, 1.82) is 0 Å². The maximum atomic E-state index is 10.2. The highest BCUT2D eigenvalue weighted by Gasteiger charge is 2.15. The normalized spacial score (nSPS) is 18.5. The Morgan fingerprint density at radius 3 is 2.37 bits per heavy atom. The molecule has 0 heterocycles. The Hall–Kier alpha value is -0.470. The maximum Gasteiger partial charge on any atom is 0.0670 e. The quantitative estimate of drug-likeness (QED) is 0.868. The number of benzene rings is 1. The Balaban J connectivity index is 1.78. The van der Waals surface area contributed by atoms with Crippen LogP contribution in [0.1, 0.15) is 48.8 Å². The molecule has 1 N–H and O–H groups in total. The van der Waals surface area contributed by atoms with Crippen LogP contribution in [0.15, 0.2) is 18.2 Å². The molecule has 1 aromatic rings. The summed E-state index contributed by atoms with van der Waals surface area (Å²) in [5.41, 5.74) is 3.86. The molecule has 2 heteroatoms. The minimum Gasteiger partial charge on any atom is -0.392 e. The van der Waals surface area contributed by atoms with Crippen LogP contribution in [-0.2, 0) is 6.42 Å². The summed E-state index contributed by atoms with van der Waals surface area (Å²) in [5.74, 6) is 0.887. The molecule has 19 heavy (non-hydrogen) atoms. The zero-order chi connectivity index (χ0) is 13.7. The van der Waals surface area contributed by atoms with Crippen LogP contribution in [0.25, 0.3) is 0 Å². The Kier molecular flexibility index (Phi) is 5.77. The average molecular weight is 278 g/mol. The lowest BCUT2D eigenvalue weighted by atomic mass is 10.0. The van der Waals surface area contributed by atoms with Gasteiger partial charge in [0.1, 0.15) is 0 Å². The van der Waals surface area contributed by atoms with E-state index in [4.69, 9.17) is 0 Å². The van der Waals surface area contributed by atoms with E-state index in [0.29, 0.717) is 0 Å². The summed E-state index contributed by atoms with van der Waals surface area (Å²) in [6.07, 6.45) is 7.45. The predicted molar refractivity (Wildman–Crippen MR) is 85.0 cm³/mol. The van der Waals surface area contributed by atoms with Crippen LogP contribution in [0.2, 0.25) is 0 Å². The Morgan fingerprint density at radius 1 is 1.11 bits per heavy atom. The van der Waals surface area contributed by atoms with Crippen LogP contribution in [-0.4, -0.2) is 22.2 Å². The number of hydrogen-bond donors (Lipinski definition) is 1. The summed E-state index contributed by atoms with van der Waals surface area (Å²) in [6.45, 7) is 4.25. The van der Waals surface area contributed by atoms with Gasteiger partial charge in [-0.05, 0) is 38.7 Å². The summed E-state index contributed by atoms with van der Waals surface area (Å²) < 4.78 is 0. The predicted octanol–water partition coefficient (Wildman–Crippen LogP) is 4.27. The highest BCUT2D eigenvalue weighted by molar-refractivity contribution is 7.99. The van der Waals surface area contributed by atoms with Crippen molar-refractivity contribution in [1.82, 2.24) is 0 Å². The third kappa shape index (κ3) is 5.19. The molecule has 2 rings (SSSR count). The van der Waals surface area contributed by atoms with Crippen LogP contribution >= 0.6 is 11.8 Å². The Morgan fingerprint density at radius 2 is 1.74 bits per heavy atom. The van der Waals surface area contributed by atoms with Crippen molar-refractivity contribution in [3.05, 3.63) is 34.9 Å². The van der Waals surface area contributed by atoms with Gasteiger partial charge in [-0.2, -0.15) is 11.8 Å². The molecule has 1 atom stereocenters. The molecule has 106 valence electrons. The van der Waals surface area contributed by atoms with Crippen LogP contribution < -0.4 is 0 Å². The first-order valence-electron chi connectivity index (χ1n) is 7.50. The average Bonchev–Trinajstić information content (AvgIpc) is 2.36.